The Labute approximate surface area is 214 Å². The summed E-state index contributed by atoms with van der Waals surface area (Å²) in [6.45, 7) is 0. The van der Waals surface area contributed by atoms with Crippen molar-refractivity contribution in [3.8, 4) is 17.2 Å². The van der Waals surface area contributed by atoms with Crippen molar-refractivity contribution in [2.75, 3.05) is 27.1 Å². The van der Waals surface area contributed by atoms with Crippen LogP contribution in [-0.2, 0) is 4.79 Å². The molecule has 1 amide bonds. The van der Waals surface area contributed by atoms with Crippen LogP contribution in [0.2, 0.25) is 0 Å². The van der Waals surface area contributed by atoms with Crippen molar-refractivity contribution in [1.29, 1.82) is 0 Å². The van der Waals surface area contributed by atoms with Crippen LogP contribution in [0.1, 0.15) is 23.6 Å². The lowest BCUT2D eigenvalue weighted by Crippen LogP contribution is -2.28. The number of fused-ring (bicyclic) bond motifs is 1. The minimum atomic E-state index is -0.316. The highest BCUT2D eigenvalue weighted by Gasteiger charge is 2.35. The fourth-order valence-electron chi connectivity index (χ4n) is 4.48. The summed E-state index contributed by atoms with van der Waals surface area (Å²) in [5.41, 5.74) is 3.68. The summed E-state index contributed by atoms with van der Waals surface area (Å²) in [7, 11) is 4.86. The molecule has 184 valence electrons. The minimum Gasteiger partial charge on any atom is -0.497 e. The molecular formula is C28H27N3O4S. The average Bonchev–Trinajstić information content (AvgIpc) is 3.56. The molecule has 1 aliphatic rings. The molecule has 7 nitrogen and oxygen atoms in total. The molecule has 0 saturated carbocycles. The van der Waals surface area contributed by atoms with Crippen molar-refractivity contribution >= 4 is 34.3 Å². The van der Waals surface area contributed by atoms with Gasteiger partial charge in [-0.05, 0) is 42.0 Å². The molecule has 1 aromatic heterocycles. The van der Waals surface area contributed by atoms with Crippen molar-refractivity contribution in [3.05, 3.63) is 84.1 Å². The number of thioether (sulfide) groups is 1. The number of hydrogen-bond donors (Lipinski definition) is 1. The first-order valence-corrected chi connectivity index (χ1v) is 12.5. The number of nitrogens with one attached hydrogen (secondary N) is 1. The van der Waals surface area contributed by atoms with Gasteiger partial charge < -0.3 is 19.2 Å². The quantitative estimate of drug-likeness (QED) is 0.315. The van der Waals surface area contributed by atoms with Crippen LogP contribution in [0.3, 0.4) is 0 Å². The van der Waals surface area contributed by atoms with Crippen LogP contribution in [0.15, 0.2) is 82.9 Å². The largest absolute Gasteiger partial charge is 0.497 e. The molecule has 0 saturated heterocycles. The van der Waals surface area contributed by atoms with E-state index in [4.69, 9.17) is 19.3 Å². The zero-order valence-corrected chi connectivity index (χ0v) is 21.2. The fourth-order valence-corrected chi connectivity index (χ4v) is 5.37. The SMILES string of the molecule is COc1ccc(C2=NN(C(=O)CSc3c[nH]c4ccccc34)C(c3cccc(OC)c3OC)C2)cc1. The Bertz CT molecular complexity index is 1410. The summed E-state index contributed by atoms with van der Waals surface area (Å²) in [6, 6.07) is 21.2. The second-order valence-corrected chi connectivity index (χ2v) is 9.32. The summed E-state index contributed by atoms with van der Waals surface area (Å²) >= 11 is 1.50. The van der Waals surface area contributed by atoms with Crippen LogP contribution in [0, 0.1) is 0 Å². The van der Waals surface area contributed by atoms with Gasteiger partial charge in [0.1, 0.15) is 5.75 Å². The molecule has 5 rings (SSSR count). The predicted octanol–water partition coefficient (Wildman–Crippen LogP) is 5.66. The lowest BCUT2D eigenvalue weighted by Gasteiger charge is -2.24. The Kier molecular flexibility index (Phi) is 6.86. The maximum atomic E-state index is 13.6. The number of methoxy groups -OCH3 is 3. The van der Waals surface area contributed by atoms with Gasteiger partial charge in [-0.15, -0.1) is 11.8 Å². The highest BCUT2D eigenvalue weighted by Crippen LogP contribution is 2.42. The average molecular weight is 502 g/mol. The highest BCUT2D eigenvalue weighted by atomic mass is 32.2. The molecule has 1 N–H and O–H groups in total. The van der Waals surface area contributed by atoms with Crippen LogP contribution in [0.5, 0.6) is 17.2 Å². The Hall–Kier alpha value is -3.91. The number of carbonyl (C=O) groups excluding carboxylic acids is 1. The van der Waals surface area contributed by atoms with Crippen LogP contribution in [0.4, 0.5) is 0 Å². The van der Waals surface area contributed by atoms with Crippen LogP contribution in [-0.4, -0.2) is 48.7 Å². The number of hydrazone groups is 1. The fraction of sp³-hybridized carbons (Fsp3) is 0.214. The first-order valence-electron chi connectivity index (χ1n) is 11.6. The second-order valence-electron chi connectivity index (χ2n) is 8.30. The van der Waals surface area contributed by atoms with E-state index in [2.05, 4.69) is 11.1 Å². The number of nitrogens with zero attached hydrogens (tertiary/aromatic N) is 2. The standard InChI is InChI=1S/C28H27N3O4S/c1-33-19-13-11-18(12-14-19)23-15-24(21-8-6-10-25(34-2)28(21)35-3)31(30-23)27(32)17-36-26-16-29-22-9-5-4-7-20(22)26/h4-14,16,24,29H,15,17H2,1-3H3. The monoisotopic (exact) mass is 501 g/mol. The molecule has 0 aliphatic carbocycles. The molecule has 0 radical (unpaired) electrons. The molecule has 1 atom stereocenters. The van der Waals surface area contributed by atoms with Gasteiger partial charge in [-0.1, -0.05) is 30.3 Å². The number of amides is 1. The first kappa shape index (κ1) is 23.8. The van der Waals surface area contributed by atoms with E-state index in [1.54, 1.807) is 26.3 Å². The number of carbonyl (C=O) groups is 1. The number of para-hydroxylation sites is 2. The number of rotatable bonds is 8. The normalized spacial score (nSPS) is 15.1. The number of aromatic nitrogens is 1. The number of H-pyrrole nitrogens is 1. The van der Waals surface area contributed by atoms with Gasteiger partial charge >= 0.3 is 0 Å². The predicted molar refractivity (Wildman–Crippen MR) is 142 cm³/mol. The van der Waals surface area contributed by atoms with E-state index in [0.717, 1.165) is 38.4 Å². The summed E-state index contributed by atoms with van der Waals surface area (Å²) in [6.07, 6.45) is 2.50. The molecule has 0 bridgehead atoms. The molecule has 3 aromatic carbocycles. The van der Waals surface area contributed by atoms with Gasteiger partial charge in [0.05, 0.1) is 38.8 Å². The third-order valence-corrected chi connectivity index (χ3v) is 7.32. The number of benzene rings is 3. The lowest BCUT2D eigenvalue weighted by molar-refractivity contribution is -0.130. The summed E-state index contributed by atoms with van der Waals surface area (Å²) in [5.74, 6) is 2.17. The van der Waals surface area contributed by atoms with Crippen LogP contribution >= 0.6 is 11.8 Å². The minimum absolute atomic E-state index is 0.0799. The Balaban J connectivity index is 1.46. The molecule has 4 aromatic rings. The van der Waals surface area contributed by atoms with E-state index in [1.165, 1.54) is 11.8 Å². The zero-order valence-electron chi connectivity index (χ0n) is 20.4. The third-order valence-electron chi connectivity index (χ3n) is 6.28. The van der Waals surface area contributed by atoms with E-state index in [0.29, 0.717) is 17.9 Å². The number of hydrogen-bond acceptors (Lipinski definition) is 6. The van der Waals surface area contributed by atoms with Gasteiger partial charge in [0.15, 0.2) is 11.5 Å². The van der Waals surface area contributed by atoms with E-state index in [-0.39, 0.29) is 17.7 Å². The van der Waals surface area contributed by atoms with Gasteiger partial charge in [0.2, 0.25) is 0 Å². The topological polar surface area (TPSA) is 76.2 Å². The van der Waals surface area contributed by atoms with Gasteiger partial charge in [-0.25, -0.2) is 5.01 Å². The smallest absolute Gasteiger partial charge is 0.253 e. The highest BCUT2D eigenvalue weighted by molar-refractivity contribution is 8.00. The summed E-state index contributed by atoms with van der Waals surface area (Å²) in [4.78, 5) is 17.9. The second kappa shape index (κ2) is 10.4. The summed E-state index contributed by atoms with van der Waals surface area (Å²) in [5, 5.41) is 7.50. The maximum absolute atomic E-state index is 13.6. The molecule has 36 heavy (non-hydrogen) atoms. The number of aromatic amines is 1. The Morgan fingerprint density at radius 2 is 1.81 bits per heavy atom. The zero-order chi connectivity index (χ0) is 25.1. The first-order chi connectivity index (χ1) is 17.6. The Morgan fingerprint density at radius 1 is 1.00 bits per heavy atom. The molecule has 1 aliphatic heterocycles. The maximum Gasteiger partial charge on any atom is 0.253 e. The van der Waals surface area contributed by atoms with Crippen molar-refractivity contribution in [2.45, 2.75) is 17.4 Å². The number of ether oxygens (including phenoxy) is 3. The van der Waals surface area contributed by atoms with E-state index >= 15 is 0 Å². The van der Waals surface area contributed by atoms with E-state index < -0.39 is 0 Å². The van der Waals surface area contributed by atoms with Crippen LogP contribution in [0.25, 0.3) is 10.9 Å². The summed E-state index contributed by atoms with van der Waals surface area (Å²) < 4.78 is 16.5. The van der Waals surface area contributed by atoms with E-state index in [1.807, 2.05) is 66.9 Å². The van der Waals surface area contributed by atoms with Gasteiger partial charge in [0.25, 0.3) is 5.91 Å². The van der Waals surface area contributed by atoms with Gasteiger partial charge in [-0.2, -0.15) is 5.10 Å². The third kappa shape index (κ3) is 4.52. The molecule has 1 unspecified atom stereocenters. The molecule has 0 spiro atoms. The van der Waals surface area contributed by atoms with Gasteiger partial charge in [0, 0.05) is 34.0 Å². The Morgan fingerprint density at radius 3 is 2.56 bits per heavy atom. The van der Waals surface area contributed by atoms with Crippen molar-refractivity contribution in [3.63, 3.8) is 0 Å². The van der Waals surface area contributed by atoms with Crippen molar-refractivity contribution < 1.29 is 19.0 Å². The molecular weight excluding hydrogens is 474 g/mol. The van der Waals surface area contributed by atoms with Crippen molar-refractivity contribution in [1.82, 2.24) is 9.99 Å². The molecule has 2 heterocycles. The van der Waals surface area contributed by atoms with Crippen molar-refractivity contribution in [2.24, 2.45) is 5.10 Å². The van der Waals surface area contributed by atoms with Crippen LogP contribution < -0.4 is 14.2 Å². The molecule has 0 fully saturated rings. The van der Waals surface area contributed by atoms with Gasteiger partial charge in [-0.3, -0.25) is 4.79 Å². The lowest BCUT2D eigenvalue weighted by atomic mass is 9.97. The molecule has 8 heteroatoms. The van der Waals surface area contributed by atoms with E-state index in [9.17, 15) is 4.79 Å².